The monoisotopic (exact) mass is 461 g/mol. The molecule has 0 aliphatic rings. The Labute approximate surface area is 197 Å². The van der Waals surface area contributed by atoms with Gasteiger partial charge in [0.25, 0.3) is 0 Å². The van der Waals surface area contributed by atoms with Gasteiger partial charge in [-0.3, -0.25) is 0 Å². The molecule has 8 heteroatoms. The SMILES string of the molecule is CC(C)[O-].CC(C)[O-].CC(C)[O-].CC(C)[O-].CC(C)[O-].CC(C)[O-].CC(C)[O-].[Ti+7]. The fourth-order valence-corrected chi connectivity index (χ4v) is 0. The first-order valence-corrected chi connectivity index (χ1v) is 9.73. The summed E-state index contributed by atoms with van der Waals surface area (Å²) < 4.78 is 0. The first-order chi connectivity index (χ1) is 12.1. The summed E-state index contributed by atoms with van der Waals surface area (Å²) in [5.74, 6) is 0. The van der Waals surface area contributed by atoms with Crippen molar-refractivity contribution in [2.45, 2.75) is 140 Å². The van der Waals surface area contributed by atoms with E-state index in [-0.39, 0.29) is 21.7 Å². The van der Waals surface area contributed by atoms with Crippen LogP contribution in [0.1, 0.15) is 96.9 Å². The maximum absolute atomic E-state index is 9.53. The van der Waals surface area contributed by atoms with Gasteiger partial charge in [-0.2, -0.15) is 0 Å². The second kappa shape index (κ2) is 46.6. The van der Waals surface area contributed by atoms with Gasteiger partial charge in [-0.15, -0.1) is 42.7 Å². The Morgan fingerprint density at radius 3 is 0.241 bits per heavy atom. The van der Waals surface area contributed by atoms with Gasteiger partial charge in [0.1, 0.15) is 0 Å². The summed E-state index contributed by atoms with van der Waals surface area (Å²) >= 11 is 0. The van der Waals surface area contributed by atoms with E-state index >= 15 is 0 Å². The Hall–Kier alpha value is 0.434. The molecule has 0 aliphatic heterocycles. The summed E-state index contributed by atoms with van der Waals surface area (Å²) in [5, 5.41) is 66.7. The summed E-state index contributed by atoms with van der Waals surface area (Å²) in [6.45, 7) is 22.6. The molecule has 0 saturated heterocycles. The second-order valence-corrected chi connectivity index (χ2v) is 7.34. The van der Waals surface area contributed by atoms with E-state index in [0.29, 0.717) is 0 Å². The first-order valence-electron chi connectivity index (χ1n) is 9.73. The maximum atomic E-state index is 9.53. The van der Waals surface area contributed by atoms with Crippen LogP contribution in [-0.2, 0) is 21.7 Å². The Morgan fingerprint density at radius 2 is 0.241 bits per heavy atom. The maximum Gasteiger partial charge on any atom is 7.00 e. The molecule has 0 aliphatic carbocycles. The predicted molar refractivity (Wildman–Crippen MR) is 106 cm³/mol. The van der Waals surface area contributed by atoms with E-state index in [1.165, 1.54) is 0 Å². The molecule has 179 valence electrons. The minimum Gasteiger partial charge on any atom is -0.852 e. The summed E-state index contributed by atoms with van der Waals surface area (Å²) in [7, 11) is 0. The topological polar surface area (TPSA) is 161 Å². The second-order valence-electron chi connectivity index (χ2n) is 7.34. The van der Waals surface area contributed by atoms with Crippen molar-refractivity contribution < 1.29 is 57.5 Å². The predicted octanol–water partition coefficient (Wildman–Crippen LogP) is -1.72. The molecule has 29 heavy (non-hydrogen) atoms. The molecular formula is C21H49O7Ti. The zero-order valence-corrected chi connectivity index (χ0v) is 23.0. The molecule has 0 spiro atoms. The van der Waals surface area contributed by atoms with Crippen LogP contribution >= 0.6 is 0 Å². The number of hydrogen-bond acceptors (Lipinski definition) is 7. The van der Waals surface area contributed by atoms with Gasteiger partial charge in [-0.1, -0.05) is 96.9 Å². The van der Waals surface area contributed by atoms with Crippen LogP contribution in [0.3, 0.4) is 0 Å². The molecule has 0 aromatic heterocycles. The van der Waals surface area contributed by atoms with Crippen molar-refractivity contribution in [1.82, 2.24) is 0 Å². The third kappa shape index (κ3) is 105000. The molecule has 0 rings (SSSR count). The average Bonchev–Trinajstić information content (AvgIpc) is 2.20. The molecule has 0 bridgehead atoms. The van der Waals surface area contributed by atoms with E-state index in [0.717, 1.165) is 0 Å². The smallest absolute Gasteiger partial charge is 0.852 e. The fraction of sp³-hybridized carbons (Fsp3) is 1.00. The molecule has 0 saturated carbocycles. The summed E-state index contributed by atoms with van der Waals surface area (Å²) in [6.07, 6.45) is -2.92. The van der Waals surface area contributed by atoms with Crippen LogP contribution in [0, 0.1) is 0 Å². The van der Waals surface area contributed by atoms with E-state index in [4.69, 9.17) is 0 Å². The fourth-order valence-electron chi connectivity index (χ4n) is 0. The minimum absolute atomic E-state index is 0. The van der Waals surface area contributed by atoms with Gasteiger partial charge < -0.3 is 35.7 Å². The van der Waals surface area contributed by atoms with E-state index < -0.39 is 42.7 Å². The molecule has 7 nitrogen and oxygen atoms in total. The molecule has 0 heterocycles. The molecule has 0 aromatic rings. The van der Waals surface area contributed by atoms with Crippen LogP contribution in [-0.4, -0.2) is 42.7 Å². The van der Waals surface area contributed by atoms with Crippen molar-refractivity contribution in [3.05, 3.63) is 0 Å². The van der Waals surface area contributed by atoms with Crippen LogP contribution in [0.4, 0.5) is 0 Å². The van der Waals surface area contributed by atoms with Crippen molar-refractivity contribution in [2.24, 2.45) is 0 Å². The quantitative estimate of drug-likeness (QED) is 0.388. The van der Waals surface area contributed by atoms with E-state index in [9.17, 15) is 35.7 Å². The van der Waals surface area contributed by atoms with E-state index in [2.05, 4.69) is 0 Å². The van der Waals surface area contributed by atoms with Crippen LogP contribution in [0.25, 0.3) is 0 Å². The van der Waals surface area contributed by atoms with Crippen molar-refractivity contribution in [1.29, 1.82) is 0 Å². The summed E-state index contributed by atoms with van der Waals surface area (Å²) in [4.78, 5) is 0. The van der Waals surface area contributed by atoms with Crippen molar-refractivity contribution in [2.75, 3.05) is 0 Å². The Kier molecular flexibility index (Phi) is 83.2. The van der Waals surface area contributed by atoms with Gasteiger partial charge in [-0.25, -0.2) is 0 Å². The minimum atomic E-state index is -0.417. The molecule has 0 N–H and O–H groups in total. The molecule has 0 atom stereocenters. The summed E-state index contributed by atoms with van der Waals surface area (Å²) in [6, 6.07) is 0. The van der Waals surface area contributed by atoms with Gasteiger partial charge in [0.15, 0.2) is 0 Å². The number of hydrogen-bond donors (Lipinski definition) is 0. The third-order valence-electron chi connectivity index (χ3n) is 0. The van der Waals surface area contributed by atoms with Crippen LogP contribution in [0.2, 0.25) is 0 Å². The standard InChI is InChI=1S/7C3H7O.Ti/c7*1-3(2)4;/h7*3H,1-2H3;/q7*-1;+7. The third-order valence-corrected chi connectivity index (χ3v) is 0. The van der Waals surface area contributed by atoms with Crippen LogP contribution in [0.15, 0.2) is 0 Å². The number of rotatable bonds is 0. The molecule has 0 amide bonds. The van der Waals surface area contributed by atoms with Gasteiger partial charge >= 0.3 is 21.7 Å². The molecule has 0 radical (unpaired) electrons. The zero-order chi connectivity index (χ0) is 25.0. The van der Waals surface area contributed by atoms with E-state index in [1.807, 2.05) is 0 Å². The average molecular weight is 461 g/mol. The zero-order valence-electron chi connectivity index (χ0n) is 21.4. The Balaban J connectivity index is -0.0000000294. The van der Waals surface area contributed by atoms with Gasteiger partial charge in [0.05, 0.1) is 0 Å². The van der Waals surface area contributed by atoms with Crippen LogP contribution < -0.4 is 35.7 Å². The van der Waals surface area contributed by atoms with Crippen molar-refractivity contribution in [3.8, 4) is 0 Å². The van der Waals surface area contributed by atoms with Crippen molar-refractivity contribution in [3.63, 3.8) is 0 Å². The molecule has 0 unspecified atom stereocenters. The molecule has 0 aromatic carbocycles. The van der Waals surface area contributed by atoms with Crippen molar-refractivity contribution >= 4 is 0 Å². The van der Waals surface area contributed by atoms with E-state index in [1.54, 1.807) is 96.9 Å². The molecule has 0 fully saturated rings. The largest absolute Gasteiger partial charge is 7.00 e. The van der Waals surface area contributed by atoms with Gasteiger partial charge in [0, 0.05) is 0 Å². The Morgan fingerprint density at radius 1 is 0.241 bits per heavy atom. The normalized spacial score (nSPS) is 8.69. The van der Waals surface area contributed by atoms with Gasteiger partial charge in [-0.05, 0) is 0 Å². The van der Waals surface area contributed by atoms with Crippen LogP contribution in [0.5, 0.6) is 0 Å². The first kappa shape index (κ1) is 51.8. The summed E-state index contributed by atoms with van der Waals surface area (Å²) in [5.41, 5.74) is 0. The Bertz CT molecular complexity index is 121. The van der Waals surface area contributed by atoms with Gasteiger partial charge in [0.2, 0.25) is 0 Å². The molecular weight excluding hydrogens is 412 g/mol.